The Labute approximate surface area is 166 Å². The molecule has 8 heteroatoms. The van der Waals surface area contributed by atoms with Crippen LogP contribution in [0.5, 0.6) is 0 Å². The maximum absolute atomic E-state index is 13.5. The Balaban J connectivity index is 1.96. The fourth-order valence-electron chi connectivity index (χ4n) is 4.25. The standard InChI is InChI=1S/C21H22F3N3O2/c1-12-11-25-19-20(29-13(2)28)26-18(14-6-4-3-5-7-14)16-10-15(21(22,23)24)8-9-17(16)27(12)19/h8-11,14,20H,3-7H2,1-2H3. The van der Waals surface area contributed by atoms with E-state index in [1.807, 2.05) is 6.92 Å². The van der Waals surface area contributed by atoms with Gasteiger partial charge in [0.1, 0.15) is 0 Å². The summed E-state index contributed by atoms with van der Waals surface area (Å²) in [4.78, 5) is 20.7. The van der Waals surface area contributed by atoms with Gasteiger partial charge in [0, 0.05) is 30.3 Å². The minimum absolute atomic E-state index is 0.0222. The number of alkyl halides is 3. The molecule has 2 aliphatic rings. The number of imidazole rings is 1. The molecule has 2 heterocycles. The van der Waals surface area contributed by atoms with Gasteiger partial charge in [-0.05, 0) is 38.0 Å². The monoisotopic (exact) mass is 405 g/mol. The maximum atomic E-state index is 13.5. The van der Waals surface area contributed by atoms with Crippen molar-refractivity contribution in [3.05, 3.63) is 47.0 Å². The minimum Gasteiger partial charge on any atom is -0.432 e. The molecule has 1 aromatic carbocycles. The molecule has 0 radical (unpaired) electrons. The number of nitrogens with zero attached hydrogens (tertiary/aromatic N) is 3. The number of hydrogen-bond acceptors (Lipinski definition) is 4. The molecule has 2 aromatic rings. The van der Waals surface area contributed by atoms with Crippen molar-refractivity contribution in [2.75, 3.05) is 0 Å². The van der Waals surface area contributed by atoms with E-state index in [0.717, 1.165) is 43.9 Å². The summed E-state index contributed by atoms with van der Waals surface area (Å²) in [6.07, 6.45) is 0.966. The normalized spacial score (nSPS) is 19.8. The van der Waals surface area contributed by atoms with E-state index in [-0.39, 0.29) is 5.92 Å². The molecule has 1 aromatic heterocycles. The Hall–Kier alpha value is -2.64. The zero-order valence-corrected chi connectivity index (χ0v) is 16.3. The third-order valence-electron chi connectivity index (χ3n) is 5.55. The number of aryl methyl sites for hydroxylation is 1. The predicted octanol–water partition coefficient (Wildman–Crippen LogP) is 5.14. The van der Waals surface area contributed by atoms with E-state index in [0.29, 0.717) is 22.8 Å². The Morgan fingerprint density at radius 3 is 2.59 bits per heavy atom. The van der Waals surface area contributed by atoms with Gasteiger partial charge >= 0.3 is 12.1 Å². The summed E-state index contributed by atoms with van der Waals surface area (Å²) in [5, 5.41) is 0. The largest absolute Gasteiger partial charge is 0.432 e. The van der Waals surface area contributed by atoms with Gasteiger partial charge in [-0.25, -0.2) is 9.98 Å². The van der Waals surface area contributed by atoms with E-state index in [2.05, 4.69) is 9.98 Å². The molecule has 0 saturated heterocycles. The van der Waals surface area contributed by atoms with Crippen molar-refractivity contribution in [3.63, 3.8) is 0 Å². The van der Waals surface area contributed by atoms with Crippen LogP contribution in [-0.4, -0.2) is 21.2 Å². The van der Waals surface area contributed by atoms with Crippen molar-refractivity contribution in [1.29, 1.82) is 0 Å². The smallest absolute Gasteiger partial charge is 0.416 e. The summed E-state index contributed by atoms with van der Waals surface area (Å²) in [5.41, 5.74) is 1.61. The van der Waals surface area contributed by atoms with Gasteiger partial charge in [-0.3, -0.25) is 9.36 Å². The van der Waals surface area contributed by atoms with Gasteiger partial charge in [-0.15, -0.1) is 0 Å². The van der Waals surface area contributed by atoms with E-state index in [4.69, 9.17) is 4.74 Å². The van der Waals surface area contributed by atoms with Gasteiger partial charge in [0.2, 0.25) is 0 Å². The minimum atomic E-state index is -4.46. The Kier molecular flexibility index (Phi) is 4.96. The highest BCUT2D eigenvalue weighted by Crippen LogP contribution is 2.39. The van der Waals surface area contributed by atoms with Crippen molar-refractivity contribution < 1.29 is 22.7 Å². The lowest BCUT2D eigenvalue weighted by atomic mass is 9.82. The summed E-state index contributed by atoms with van der Waals surface area (Å²) in [7, 11) is 0. The van der Waals surface area contributed by atoms with E-state index >= 15 is 0 Å². The van der Waals surface area contributed by atoms with Crippen molar-refractivity contribution in [1.82, 2.24) is 9.55 Å². The Morgan fingerprint density at radius 2 is 1.93 bits per heavy atom. The summed E-state index contributed by atoms with van der Waals surface area (Å²) in [6, 6.07) is 3.71. The third-order valence-corrected chi connectivity index (χ3v) is 5.55. The summed E-state index contributed by atoms with van der Waals surface area (Å²) in [5.74, 6) is -0.102. The molecule has 0 bridgehead atoms. The molecular weight excluding hydrogens is 383 g/mol. The maximum Gasteiger partial charge on any atom is 0.416 e. The number of carbonyl (C=O) groups excluding carboxylic acids is 1. The number of fused-ring (bicyclic) bond motifs is 3. The van der Waals surface area contributed by atoms with Crippen LogP contribution in [0.25, 0.3) is 5.69 Å². The van der Waals surface area contributed by atoms with Gasteiger partial charge in [-0.2, -0.15) is 13.2 Å². The second-order valence-electron chi connectivity index (χ2n) is 7.63. The van der Waals surface area contributed by atoms with Gasteiger partial charge < -0.3 is 4.74 Å². The first-order valence-corrected chi connectivity index (χ1v) is 9.77. The average molecular weight is 405 g/mol. The van der Waals surface area contributed by atoms with E-state index in [9.17, 15) is 18.0 Å². The van der Waals surface area contributed by atoms with Crippen LogP contribution in [0.1, 0.15) is 67.9 Å². The number of carbonyl (C=O) groups is 1. The van der Waals surface area contributed by atoms with Crippen LogP contribution in [0.3, 0.4) is 0 Å². The molecule has 5 nitrogen and oxygen atoms in total. The molecule has 4 rings (SSSR count). The van der Waals surface area contributed by atoms with Crippen LogP contribution in [0.4, 0.5) is 13.2 Å². The van der Waals surface area contributed by atoms with Crippen molar-refractivity contribution in [2.45, 2.75) is 58.4 Å². The fraction of sp³-hybridized carbons (Fsp3) is 0.476. The lowest BCUT2D eigenvalue weighted by Crippen LogP contribution is -2.21. The highest BCUT2D eigenvalue weighted by Gasteiger charge is 2.36. The first kappa shape index (κ1) is 19.7. The van der Waals surface area contributed by atoms with E-state index < -0.39 is 23.9 Å². The molecule has 0 amide bonds. The highest BCUT2D eigenvalue weighted by atomic mass is 19.4. The van der Waals surface area contributed by atoms with Crippen LogP contribution < -0.4 is 0 Å². The quantitative estimate of drug-likeness (QED) is 0.650. The van der Waals surface area contributed by atoms with Gasteiger partial charge in [-0.1, -0.05) is 19.3 Å². The molecule has 1 saturated carbocycles. The molecule has 1 atom stereocenters. The molecule has 29 heavy (non-hydrogen) atoms. The zero-order valence-electron chi connectivity index (χ0n) is 16.3. The van der Waals surface area contributed by atoms with Gasteiger partial charge in [0.15, 0.2) is 5.82 Å². The van der Waals surface area contributed by atoms with Gasteiger partial charge in [0.05, 0.1) is 17.0 Å². The molecule has 154 valence electrons. The first-order chi connectivity index (χ1) is 13.8. The zero-order chi connectivity index (χ0) is 20.8. The summed E-state index contributed by atoms with van der Waals surface area (Å²) in [6.45, 7) is 3.10. The second kappa shape index (κ2) is 7.31. The molecule has 1 aliphatic heterocycles. The van der Waals surface area contributed by atoms with Crippen LogP contribution in [0.2, 0.25) is 0 Å². The number of benzene rings is 1. The second-order valence-corrected chi connectivity index (χ2v) is 7.63. The van der Waals surface area contributed by atoms with Crippen LogP contribution in [0, 0.1) is 12.8 Å². The number of esters is 1. The predicted molar refractivity (Wildman–Crippen MR) is 101 cm³/mol. The number of halogens is 3. The van der Waals surface area contributed by atoms with Crippen LogP contribution >= 0.6 is 0 Å². The Morgan fingerprint density at radius 1 is 1.21 bits per heavy atom. The van der Waals surface area contributed by atoms with Crippen molar-refractivity contribution in [3.8, 4) is 5.69 Å². The number of rotatable bonds is 2. The van der Waals surface area contributed by atoms with Crippen LogP contribution in [0.15, 0.2) is 29.4 Å². The SMILES string of the molecule is CC(=O)OC1N=C(C2CCCCC2)c2cc(C(F)(F)F)ccc2-n2c(C)cnc21. The topological polar surface area (TPSA) is 56.5 Å². The molecule has 1 unspecified atom stereocenters. The lowest BCUT2D eigenvalue weighted by molar-refractivity contribution is -0.146. The van der Waals surface area contributed by atoms with E-state index in [1.54, 1.807) is 10.8 Å². The highest BCUT2D eigenvalue weighted by molar-refractivity contribution is 6.06. The average Bonchev–Trinajstić information content (AvgIpc) is 2.99. The molecule has 1 aliphatic carbocycles. The van der Waals surface area contributed by atoms with Crippen molar-refractivity contribution >= 4 is 11.7 Å². The lowest BCUT2D eigenvalue weighted by Gasteiger charge is -2.25. The first-order valence-electron chi connectivity index (χ1n) is 9.77. The van der Waals surface area contributed by atoms with Crippen LogP contribution in [-0.2, 0) is 15.7 Å². The molecule has 0 N–H and O–H groups in total. The number of ether oxygens (including phenoxy) is 1. The Bertz CT molecular complexity index is 972. The van der Waals surface area contributed by atoms with Crippen molar-refractivity contribution in [2.24, 2.45) is 10.9 Å². The molecule has 0 spiro atoms. The molecular formula is C21H22F3N3O2. The fourth-order valence-corrected chi connectivity index (χ4v) is 4.25. The third kappa shape index (κ3) is 3.68. The van der Waals surface area contributed by atoms with E-state index in [1.165, 1.54) is 19.1 Å². The number of aliphatic imine (C=N–C) groups is 1. The number of aromatic nitrogens is 2. The summed E-state index contributed by atoms with van der Waals surface area (Å²) < 4.78 is 47.6. The summed E-state index contributed by atoms with van der Waals surface area (Å²) >= 11 is 0. The molecule has 1 fully saturated rings. The number of hydrogen-bond donors (Lipinski definition) is 0. The van der Waals surface area contributed by atoms with Gasteiger partial charge in [0.25, 0.3) is 6.23 Å².